The summed E-state index contributed by atoms with van der Waals surface area (Å²) in [5, 5.41) is 11.4. The van der Waals surface area contributed by atoms with Crippen LogP contribution in [0.15, 0.2) is 41.1 Å². The molecule has 0 saturated carbocycles. The van der Waals surface area contributed by atoms with Gasteiger partial charge < -0.3 is 14.7 Å². The van der Waals surface area contributed by atoms with Crippen LogP contribution in [0.2, 0.25) is 0 Å². The number of carbonyl (C=O) groups is 1. The fourth-order valence-corrected chi connectivity index (χ4v) is 4.01. The van der Waals surface area contributed by atoms with Gasteiger partial charge in [-0.3, -0.25) is 4.79 Å². The van der Waals surface area contributed by atoms with Crippen LogP contribution in [0.5, 0.6) is 0 Å². The molecule has 8 heteroatoms. The van der Waals surface area contributed by atoms with Crippen LogP contribution in [0.1, 0.15) is 55.4 Å². The lowest BCUT2D eigenvalue weighted by molar-refractivity contribution is 0.0904. The lowest BCUT2D eigenvalue weighted by atomic mass is 10.2. The van der Waals surface area contributed by atoms with E-state index in [1.54, 1.807) is 4.68 Å². The van der Waals surface area contributed by atoms with Gasteiger partial charge in [-0.25, -0.2) is 4.68 Å². The van der Waals surface area contributed by atoms with Crippen molar-refractivity contribution >= 4 is 5.91 Å². The Labute approximate surface area is 182 Å². The van der Waals surface area contributed by atoms with Crippen molar-refractivity contribution in [3.63, 3.8) is 0 Å². The van der Waals surface area contributed by atoms with Crippen LogP contribution in [-0.4, -0.2) is 56.4 Å². The highest BCUT2D eigenvalue weighted by atomic mass is 16.5. The predicted octanol–water partition coefficient (Wildman–Crippen LogP) is 3.62. The van der Waals surface area contributed by atoms with Gasteiger partial charge in [-0.1, -0.05) is 36.2 Å². The van der Waals surface area contributed by atoms with Crippen molar-refractivity contribution < 1.29 is 9.32 Å². The SMILES string of the molecule is Cc1nn(-c2ccccc2)cc1-c1noc(C(=O)NCCC(C)N2CCCCCC2)n1. The van der Waals surface area contributed by atoms with Crippen LogP contribution in [0.4, 0.5) is 0 Å². The van der Waals surface area contributed by atoms with Crippen molar-refractivity contribution in [1.82, 2.24) is 30.1 Å². The number of nitrogens with zero attached hydrogens (tertiary/aromatic N) is 5. The van der Waals surface area contributed by atoms with Gasteiger partial charge in [-0.15, -0.1) is 0 Å². The Balaban J connectivity index is 1.34. The Morgan fingerprint density at radius 1 is 1.16 bits per heavy atom. The number of carbonyl (C=O) groups excluding carboxylic acids is 1. The second-order valence-corrected chi connectivity index (χ2v) is 8.18. The van der Waals surface area contributed by atoms with Crippen LogP contribution in [0.25, 0.3) is 17.1 Å². The monoisotopic (exact) mass is 422 g/mol. The van der Waals surface area contributed by atoms with Gasteiger partial charge in [-0.2, -0.15) is 10.1 Å². The van der Waals surface area contributed by atoms with Gasteiger partial charge in [0.05, 0.1) is 16.9 Å². The third kappa shape index (κ3) is 5.19. The number of nitrogens with one attached hydrogen (secondary N) is 1. The summed E-state index contributed by atoms with van der Waals surface area (Å²) < 4.78 is 6.99. The number of para-hydroxylation sites is 1. The van der Waals surface area contributed by atoms with Crippen LogP contribution in [0, 0.1) is 6.92 Å². The topological polar surface area (TPSA) is 89.1 Å². The summed E-state index contributed by atoms with van der Waals surface area (Å²) in [6.07, 6.45) is 7.92. The Kier molecular flexibility index (Phi) is 6.76. The van der Waals surface area contributed by atoms with Gasteiger partial charge in [0.15, 0.2) is 0 Å². The van der Waals surface area contributed by atoms with E-state index in [9.17, 15) is 4.79 Å². The molecule has 1 amide bonds. The lowest BCUT2D eigenvalue weighted by Gasteiger charge is -2.27. The molecule has 0 spiro atoms. The first-order chi connectivity index (χ1) is 15.1. The smallest absolute Gasteiger partial charge is 0.316 e. The summed E-state index contributed by atoms with van der Waals surface area (Å²) in [6.45, 7) is 7.00. The molecular weight excluding hydrogens is 392 g/mol. The maximum atomic E-state index is 12.5. The second kappa shape index (κ2) is 9.87. The van der Waals surface area contributed by atoms with Crippen LogP contribution < -0.4 is 5.32 Å². The van der Waals surface area contributed by atoms with E-state index in [4.69, 9.17) is 4.52 Å². The minimum absolute atomic E-state index is 0.0238. The number of aromatic nitrogens is 4. The van der Waals surface area contributed by atoms with Crippen LogP contribution in [-0.2, 0) is 0 Å². The lowest BCUT2D eigenvalue weighted by Crippen LogP contribution is -2.37. The summed E-state index contributed by atoms with van der Waals surface area (Å²) in [6, 6.07) is 10.3. The second-order valence-electron chi connectivity index (χ2n) is 8.18. The number of aryl methyl sites for hydroxylation is 1. The molecule has 0 bridgehead atoms. The summed E-state index contributed by atoms with van der Waals surface area (Å²) in [5.41, 5.74) is 2.45. The molecule has 164 valence electrons. The fraction of sp³-hybridized carbons (Fsp3) is 0.478. The van der Waals surface area contributed by atoms with Gasteiger partial charge in [0.2, 0.25) is 5.82 Å². The summed E-state index contributed by atoms with van der Waals surface area (Å²) in [5.74, 6) is 0.00183. The number of hydrogen-bond donors (Lipinski definition) is 1. The van der Waals surface area contributed by atoms with E-state index < -0.39 is 0 Å². The molecular formula is C23H30N6O2. The van der Waals surface area contributed by atoms with E-state index in [1.165, 1.54) is 25.7 Å². The average molecular weight is 423 g/mol. The number of hydrogen-bond acceptors (Lipinski definition) is 6. The molecule has 1 aliphatic rings. The Morgan fingerprint density at radius 3 is 2.65 bits per heavy atom. The van der Waals surface area contributed by atoms with Crippen molar-refractivity contribution in [3.8, 4) is 17.1 Å². The standard InChI is InChI=1S/C23H30N6O2/c1-17(28-14-8-3-4-9-15-28)12-13-24-22(30)23-25-21(27-31-23)20-16-29(26-18(20)2)19-10-6-5-7-11-19/h5-7,10-11,16-17H,3-4,8-9,12-15H2,1-2H3,(H,24,30). The maximum absolute atomic E-state index is 12.5. The minimum Gasteiger partial charge on any atom is -0.348 e. The molecule has 1 saturated heterocycles. The maximum Gasteiger partial charge on any atom is 0.316 e. The molecule has 0 radical (unpaired) electrons. The molecule has 1 atom stereocenters. The Hall–Kier alpha value is -3.00. The zero-order valence-corrected chi connectivity index (χ0v) is 18.3. The molecule has 1 fully saturated rings. The van der Waals surface area contributed by atoms with Crippen molar-refractivity contribution in [1.29, 1.82) is 0 Å². The first-order valence-corrected chi connectivity index (χ1v) is 11.1. The van der Waals surface area contributed by atoms with Gasteiger partial charge in [0.1, 0.15) is 0 Å². The molecule has 0 aliphatic carbocycles. The molecule has 3 aromatic rings. The molecule has 31 heavy (non-hydrogen) atoms. The van der Waals surface area contributed by atoms with Gasteiger partial charge >= 0.3 is 11.8 Å². The van der Waals surface area contributed by atoms with E-state index in [-0.39, 0.29) is 11.8 Å². The zero-order chi connectivity index (χ0) is 21.6. The van der Waals surface area contributed by atoms with E-state index >= 15 is 0 Å². The Morgan fingerprint density at radius 2 is 1.90 bits per heavy atom. The normalized spacial score (nSPS) is 16.1. The number of likely N-dealkylation sites (tertiary alicyclic amines) is 1. The molecule has 1 aromatic carbocycles. The van der Waals surface area contributed by atoms with E-state index in [0.717, 1.165) is 36.5 Å². The minimum atomic E-state index is -0.338. The molecule has 1 N–H and O–H groups in total. The van der Waals surface area contributed by atoms with Gasteiger partial charge in [0, 0.05) is 18.8 Å². The van der Waals surface area contributed by atoms with Crippen LogP contribution >= 0.6 is 0 Å². The van der Waals surface area contributed by atoms with Gasteiger partial charge in [-0.05, 0) is 58.3 Å². The number of amides is 1. The highest BCUT2D eigenvalue weighted by Gasteiger charge is 2.20. The third-order valence-corrected chi connectivity index (χ3v) is 5.89. The molecule has 1 unspecified atom stereocenters. The average Bonchev–Trinajstić information content (AvgIpc) is 3.32. The third-order valence-electron chi connectivity index (χ3n) is 5.89. The first-order valence-electron chi connectivity index (χ1n) is 11.1. The molecule has 3 heterocycles. The van der Waals surface area contributed by atoms with Crippen molar-refractivity contribution in [2.24, 2.45) is 0 Å². The van der Waals surface area contributed by atoms with Crippen LogP contribution in [0.3, 0.4) is 0 Å². The highest BCUT2D eigenvalue weighted by molar-refractivity contribution is 5.89. The molecule has 4 rings (SSSR count). The highest BCUT2D eigenvalue weighted by Crippen LogP contribution is 2.21. The van der Waals surface area contributed by atoms with Crippen molar-refractivity contribution in [2.75, 3.05) is 19.6 Å². The summed E-state index contributed by atoms with van der Waals surface area (Å²) in [4.78, 5) is 19.3. The van der Waals surface area contributed by atoms with Crippen molar-refractivity contribution in [2.45, 2.75) is 52.0 Å². The van der Waals surface area contributed by atoms with Crippen molar-refractivity contribution in [3.05, 3.63) is 48.1 Å². The zero-order valence-electron chi connectivity index (χ0n) is 18.3. The first kappa shape index (κ1) is 21.2. The summed E-state index contributed by atoms with van der Waals surface area (Å²) >= 11 is 0. The number of rotatable bonds is 7. The predicted molar refractivity (Wildman–Crippen MR) is 118 cm³/mol. The molecule has 2 aromatic heterocycles. The number of benzene rings is 1. The largest absolute Gasteiger partial charge is 0.348 e. The quantitative estimate of drug-likeness (QED) is 0.626. The van der Waals surface area contributed by atoms with E-state index in [2.05, 4.69) is 32.4 Å². The van der Waals surface area contributed by atoms with Gasteiger partial charge in [0.25, 0.3) is 0 Å². The molecule has 8 nitrogen and oxygen atoms in total. The Bertz CT molecular complexity index is 989. The fourth-order valence-electron chi connectivity index (χ4n) is 4.01. The summed E-state index contributed by atoms with van der Waals surface area (Å²) in [7, 11) is 0. The van der Waals surface area contributed by atoms with E-state index in [1.807, 2.05) is 43.5 Å². The molecule has 1 aliphatic heterocycles. The van der Waals surface area contributed by atoms with E-state index in [0.29, 0.717) is 18.4 Å².